The second kappa shape index (κ2) is 21.9. The predicted molar refractivity (Wildman–Crippen MR) is 294 cm³/mol. The first kappa shape index (κ1) is 58.1. The van der Waals surface area contributed by atoms with E-state index in [0.717, 1.165) is 55.9 Å². The van der Waals surface area contributed by atoms with Crippen LogP contribution in [0.4, 0.5) is 0 Å². The van der Waals surface area contributed by atoms with E-state index in [4.69, 9.17) is 33.2 Å². The van der Waals surface area contributed by atoms with Crippen molar-refractivity contribution in [1.29, 1.82) is 0 Å². The van der Waals surface area contributed by atoms with E-state index < -0.39 is 89.9 Å². The summed E-state index contributed by atoms with van der Waals surface area (Å²) in [5.74, 6) is -0.922. The third-order valence-electron chi connectivity index (χ3n) is 23.4. The molecule has 13 nitrogen and oxygen atoms in total. The number of carboxylic acid groups (broad SMARTS) is 1. The van der Waals surface area contributed by atoms with Crippen molar-refractivity contribution in [2.24, 2.45) is 79.8 Å². The summed E-state index contributed by atoms with van der Waals surface area (Å²) >= 11 is 0. The molecule has 2 aromatic carbocycles. The third kappa shape index (κ3) is 9.83. The van der Waals surface area contributed by atoms with Crippen LogP contribution in [-0.2, 0) is 55.8 Å². The van der Waals surface area contributed by atoms with Gasteiger partial charge in [0.2, 0.25) is 0 Å². The van der Waals surface area contributed by atoms with Crippen molar-refractivity contribution in [2.75, 3.05) is 13.2 Å². The normalized spacial score (nSPS) is 48.0. The highest BCUT2D eigenvalue weighted by molar-refractivity contribution is 5.77. The summed E-state index contributed by atoms with van der Waals surface area (Å²) in [5, 5.41) is 48.1. The molecule has 10 unspecified atom stereocenters. The Kier molecular flexibility index (Phi) is 16.3. The van der Waals surface area contributed by atoms with E-state index in [2.05, 4.69) is 75.3 Å². The van der Waals surface area contributed by atoms with Crippen LogP contribution in [0.2, 0.25) is 0 Å². The molecule has 7 fully saturated rings. The molecule has 10 rings (SSSR count). The molecule has 0 spiro atoms. The Bertz CT molecular complexity index is 2450. The largest absolute Gasteiger partial charge is 0.481 e. The van der Waals surface area contributed by atoms with Crippen molar-refractivity contribution in [3.8, 4) is 0 Å². The molecule has 5 aliphatic carbocycles. The molecule has 432 valence electrons. The molecule has 0 aromatic heterocycles. The van der Waals surface area contributed by atoms with E-state index in [1.54, 1.807) is 0 Å². The van der Waals surface area contributed by atoms with Crippen LogP contribution >= 0.6 is 0 Å². The Morgan fingerprint density at radius 1 is 0.692 bits per heavy atom. The first-order chi connectivity index (χ1) is 36.9. The summed E-state index contributed by atoms with van der Waals surface area (Å²) in [6.45, 7) is 25.3. The number of hydrogen-bond acceptors (Lipinski definition) is 12. The first-order valence-electron chi connectivity index (χ1n) is 29.9. The Hall–Kier alpha value is -3.08. The zero-order chi connectivity index (χ0) is 55.9. The van der Waals surface area contributed by atoms with E-state index in [9.17, 15) is 30.0 Å². The molecule has 2 aromatic rings. The van der Waals surface area contributed by atoms with E-state index in [-0.39, 0.29) is 64.3 Å². The summed E-state index contributed by atoms with van der Waals surface area (Å²) in [6, 6.07) is 19.9. The van der Waals surface area contributed by atoms with Gasteiger partial charge in [0.05, 0.1) is 49.7 Å². The van der Waals surface area contributed by atoms with Gasteiger partial charge in [0.15, 0.2) is 18.9 Å². The van der Waals surface area contributed by atoms with Gasteiger partial charge >= 0.3 is 5.97 Å². The van der Waals surface area contributed by atoms with E-state index in [1.807, 2.05) is 67.6 Å². The van der Waals surface area contributed by atoms with Gasteiger partial charge in [-0.15, -0.1) is 0 Å². The number of carbonyl (C=O) groups is 2. The fourth-order valence-electron chi connectivity index (χ4n) is 17.5. The molecule has 13 heteroatoms. The summed E-state index contributed by atoms with van der Waals surface area (Å²) < 4.78 is 48.1. The van der Waals surface area contributed by atoms with Gasteiger partial charge in [-0.3, -0.25) is 4.79 Å². The van der Waals surface area contributed by atoms with Gasteiger partial charge in [0, 0.05) is 12.3 Å². The van der Waals surface area contributed by atoms with Crippen molar-refractivity contribution in [3.63, 3.8) is 0 Å². The van der Waals surface area contributed by atoms with Crippen LogP contribution in [0, 0.1) is 79.8 Å². The molecule has 3 aliphatic heterocycles. The smallest absolute Gasteiger partial charge is 0.312 e. The average Bonchev–Trinajstić information content (AvgIpc) is 3.50. The van der Waals surface area contributed by atoms with Crippen molar-refractivity contribution in [1.82, 2.24) is 0 Å². The quantitative estimate of drug-likeness (QED) is 0.0799. The number of rotatable bonds is 14. The van der Waals surface area contributed by atoms with Crippen LogP contribution < -0.4 is 0 Å². The molecule has 4 N–H and O–H groups in total. The lowest BCUT2D eigenvalue weighted by molar-refractivity contribution is -0.387. The lowest BCUT2D eigenvalue weighted by Crippen LogP contribution is -2.68. The van der Waals surface area contributed by atoms with E-state index in [0.29, 0.717) is 44.8 Å². The maximum Gasteiger partial charge on any atom is 0.312 e. The number of aliphatic hydroxyl groups excluding tert-OH is 3. The van der Waals surface area contributed by atoms with E-state index >= 15 is 0 Å². The van der Waals surface area contributed by atoms with Gasteiger partial charge in [0.1, 0.15) is 36.1 Å². The zero-order valence-electron chi connectivity index (χ0n) is 48.6. The highest BCUT2D eigenvalue weighted by atomic mass is 16.8. The van der Waals surface area contributed by atoms with Crippen molar-refractivity contribution >= 4 is 12.3 Å². The topological polar surface area (TPSA) is 180 Å². The summed E-state index contributed by atoms with van der Waals surface area (Å²) in [5.41, 5.74) is -0.0735. The Morgan fingerprint density at radius 3 is 2.04 bits per heavy atom. The minimum Gasteiger partial charge on any atom is -0.481 e. The lowest BCUT2D eigenvalue weighted by Gasteiger charge is -2.71. The summed E-state index contributed by atoms with van der Waals surface area (Å²) in [7, 11) is 0. The molecular weight excluding hydrogens is 989 g/mol. The Labute approximate surface area is 464 Å². The van der Waals surface area contributed by atoms with Crippen LogP contribution in [0.5, 0.6) is 0 Å². The van der Waals surface area contributed by atoms with Crippen molar-refractivity contribution < 1.29 is 63.2 Å². The van der Waals surface area contributed by atoms with Gasteiger partial charge in [-0.2, -0.15) is 0 Å². The molecule has 0 radical (unpaired) electrons. The number of carboxylic acids is 1. The number of allylic oxidation sites excluding steroid dienone is 2. The highest BCUT2D eigenvalue weighted by Gasteiger charge is 2.72. The standard InChI is InChI=1S/C65H94O13/c1-37-33-73-56(41(5)38(37)2)77-54-53(69)46(30-42-18-14-12-15-19-42)74-58(55(54)78-57-52(68)40(4)39(3)47(75-57)35-72-34-43-20-16-13-17-21-43)76-51-25-26-61(8)48(62(51,9)36-66)24-27-63(10)49(61)23-22-44-45-31-60(6,7)28-29-65(45,59(70)71)50(67)32-64(44,63)11/h12-22,36-41,45-58,67-69H,23-35H2,1-11H3,(H,70,71)/t37-,38+,39-,40+,41?,45?,46?,47?,48-,49?,50?,51+,52?,53-,54+,55?,56+,57+,58+,61?,62-,63?,64-,65-/m1/s1. The molecule has 0 amide bonds. The van der Waals surface area contributed by atoms with Gasteiger partial charge in [-0.25, -0.2) is 0 Å². The third-order valence-corrected chi connectivity index (χ3v) is 23.4. The van der Waals surface area contributed by atoms with Gasteiger partial charge in [0.25, 0.3) is 0 Å². The average molecular weight is 1080 g/mol. The van der Waals surface area contributed by atoms with Crippen molar-refractivity contribution in [3.05, 3.63) is 83.4 Å². The summed E-state index contributed by atoms with van der Waals surface area (Å²) in [6.07, 6.45) is -0.636. The molecule has 3 saturated heterocycles. The van der Waals surface area contributed by atoms with E-state index in [1.165, 1.54) is 5.57 Å². The second-order valence-electron chi connectivity index (χ2n) is 28.0. The minimum atomic E-state index is -1.23. The SMILES string of the molecule is CC1[C@H](O[C@@H]2C(O[C@@H]3OC(COCc4ccccc4)[C@H](C)[C@H](C)C3O)[C@H](O[C@H]3CCC4(C)C5CC=C6C7CC(C)(C)CC[C@]7(C(=O)O)C(O)C[C@@]6(C)C5(C)CC[C@H]4[C@@]3(C)C=O)OC(Cc3ccccc3)[C@H]2O)OC[C@@H](C)[C@@H]1C. The fraction of sp³-hybridized carbons (Fsp3) is 0.754. The van der Waals surface area contributed by atoms with Gasteiger partial charge in [-0.05, 0) is 132 Å². The van der Waals surface area contributed by atoms with Gasteiger partial charge < -0.3 is 58.4 Å². The lowest BCUT2D eigenvalue weighted by atomic mass is 9.33. The number of aliphatic carboxylic acids is 1. The maximum atomic E-state index is 14.3. The monoisotopic (exact) mass is 1080 g/mol. The minimum absolute atomic E-state index is 0.0367. The number of aliphatic hydroxyl groups is 3. The molecule has 8 aliphatic rings. The van der Waals surface area contributed by atoms with Gasteiger partial charge in [-0.1, -0.05) is 148 Å². The van der Waals surface area contributed by atoms with Crippen LogP contribution in [-0.4, -0.2) is 114 Å². The zero-order valence-corrected chi connectivity index (χ0v) is 48.6. The first-order valence-corrected chi connectivity index (χ1v) is 29.9. The number of benzene rings is 2. The number of hydrogen-bond donors (Lipinski definition) is 4. The highest BCUT2D eigenvalue weighted by Crippen LogP contribution is 2.76. The van der Waals surface area contributed by atoms with Crippen LogP contribution in [0.3, 0.4) is 0 Å². The van der Waals surface area contributed by atoms with Crippen LogP contribution in [0.15, 0.2) is 72.3 Å². The molecular formula is C65H94O13. The fourth-order valence-corrected chi connectivity index (χ4v) is 17.5. The van der Waals surface area contributed by atoms with Crippen LogP contribution in [0.1, 0.15) is 145 Å². The number of ether oxygens (including phenoxy) is 7. The molecule has 24 atom stereocenters. The van der Waals surface area contributed by atoms with Crippen molar-refractivity contribution in [2.45, 2.75) is 215 Å². The maximum absolute atomic E-state index is 14.3. The Balaban J connectivity index is 0.978. The predicted octanol–water partition coefficient (Wildman–Crippen LogP) is 10.3. The number of aldehydes is 1. The molecule has 3 heterocycles. The Morgan fingerprint density at radius 2 is 1.36 bits per heavy atom. The van der Waals surface area contributed by atoms with Crippen LogP contribution in [0.25, 0.3) is 0 Å². The number of carbonyl (C=O) groups excluding carboxylic acids is 1. The molecule has 78 heavy (non-hydrogen) atoms. The molecule has 4 saturated carbocycles. The summed E-state index contributed by atoms with van der Waals surface area (Å²) in [4.78, 5) is 27.7. The number of fused-ring (bicyclic) bond motifs is 7. The second-order valence-corrected chi connectivity index (χ2v) is 28.0. The molecule has 0 bridgehead atoms.